The van der Waals surface area contributed by atoms with Gasteiger partial charge in [0, 0.05) is 28.7 Å². The Morgan fingerprint density at radius 2 is 1.85 bits per heavy atom. The van der Waals surface area contributed by atoms with Gasteiger partial charge in [-0.2, -0.15) is 0 Å². The molecule has 2 aromatic carbocycles. The number of nitrogens with one attached hydrogen (secondary N) is 1. The van der Waals surface area contributed by atoms with Crippen LogP contribution in [0.2, 0.25) is 10.0 Å². The van der Waals surface area contributed by atoms with E-state index in [-0.39, 0.29) is 0 Å². The molecule has 8 heteroatoms. The molecule has 0 spiro atoms. The number of anilines is 1. The van der Waals surface area contributed by atoms with Crippen LogP contribution in [0.5, 0.6) is 5.75 Å². The molecule has 3 aromatic rings. The number of aromatic nitrogens is 4. The molecule has 1 N–H and O–H groups in total. The first-order valence-electron chi connectivity index (χ1n) is 8.31. The van der Waals surface area contributed by atoms with Gasteiger partial charge < -0.3 is 10.1 Å². The normalized spacial score (nSPS) is 10.7. The number of nitrogens with zero attached hydrogens (tertiary/aromatic N) is 4. The number of tetrazole rings is 1. The van der Waals surface area contributed by atoms with Gasteiger partial charge in [0.2, 0.25) is 5.95 Å². The molecule has 0 fully saturated rings. The maximum Gasteiger partial charge on any atom is 0.243 e. The minimum absolute atomic E-state index is 0.444. The van der Waals surface area contributed by atoms with Crippen molar-refractivity contribution < 1.29 is 4.74 Å². The fourth-order valence-corrected chi connectivity index (χ4v) is 2.76. The average Bonchev–Trinajstić information content (AvgIpc) is 3.08. The largest absolute Gasteiger partial charge is 0.489 e. The van der Waals surface area contributed by atoms with Gasteiger partial charge in [0.15, 0.2) is 0 Å². The van der Waals surface area contributed by atoms with Crippen LogP contribution < -0.4 is 10.1 Å². The predicted octanol–water partition coefficient (Wildman–Crippen LogP) is 4.58. The van der Waals surface area contributed by atoms with Crippen molar-refractivity contribution in [1.29, 1.82) is 0 Å². The van der Waals surface area contributed by atoms with E-state index in [9.17, 15) is 0 Å². The van der Waals surface area contributed by atoms with Gasteiger partial charge in [-0.3, -0.25) is 0 Å². The topological polar surface area (TPSA) is 64.9 Å². The van der Waals surface area contributed by atoms with Crippen molar-refractivity contribution in [1.82, 2.24) is 20.2 Å². The molecule has 0 saturated heterocycles. The van der Waals surface area contributed by atoms with Gasteiger partial charge in [0.05, 0.1) is 0 Å². The van der Waals surface area contributed by atoms with E-state index in [4.69, 9.17) is 27.9 Å². The molecule has 0 unspecified atom stereocenters. The van der Waals surface area contributed by atoms with Crippen LogP contribution in [-0.2, 0) is 19.7 Å². The zero-order chi connectivity index (χ0) is 18.4. The molecule has 1 aromatic heterocycles. The third-order valence-corrected chi connectivity index (χ3v) is 4.22. The molecule has 0 radical (unpaired) electrons. The fraction of sp³-hybridized carbons (Fsp3) is 0.278. The number of hydrogen-bond donors (Lipinski definition) is 1. The summed E-state index contributed by atoms with van der Waals surface area (Å²) in [5.41, 5.74) is 1.97. The second kappa shape index (κ2) is 8.87. The monoisotopic (exact) mass is 391 g/mol. The molecule has 0 amide bonds. The summed E-state index contributed by atoms with van der Waals surface area (Å²) in [6.07, 6.45) is 0.951. The molecule has 26 heavy (non-hydrogen) atoms. The van der Waals surface area contributed by atoms with Crippen LogP contribution in [0.1, 0.15) is 24.5 Å². The highest BCUT2D eigenvalue weighted by Crippen LogP contribution is 2.25. The highest BCUT2D eigenvalue weighted by molar-refractivity contribution is 6.30. The lowest BCUT2D eigenvalue weighted by atomic mass is 10.2. The zero-order valence-electron chi connectivity index (χ0n) is 14.3. The summed E-state index contributed by atoms with van der Waals surface area (Å²) in [6.45, 7) is 3.77. The zero-order valence-corrected chi connectivity index (χ0v) is 15.8. The summed E-state index contributed by atoms with van der Waals surface area (Å²) in [7, 11) is 0. The molecular weight excluding hydrogens is 373 g/mol. The number of aryl methyl sites for hydroxylation is 1. The smallest absolute Gasteiger partial charge is 0.243 e. The number of ether oxygens (including phenoxy) is 1. The van der Waals surface area contributed by atoms with E-state index in [0.29, 0.717) is 29.1 Å². The number of halogens is 2. The second-order valence-corrected chi connectivity index (χ2v) is 6.62. The molecule has 0 atom stereocenters. The van der Waals surface area contributed by atoms with E-state index in [2.05, 4.69) is 27.8 Å². The van der Waals surface area contributed by atoms with Crippen molar-refractivity contribution in [3.8, 4) is 5.75 Å². The van der Waals surface area contributed by atoms with Gasteiger partial charge in [-0.25, -0.2) is 4.68 Å². The average molecular weight is 392 g/mol. The minimum atomic E-state index is 0.444. The van der Waals surface area contributed by atoms with Gasteiger partial charge in [-0.05, 0) is 52.7 Å². The van der Waals surface area contributed by atoms with Crippen LogP contribution >= 0.6 is 23.2 Å². The lowest BCUT2D eigenvalue weighted by Crippen LogP contribution is -2.10. The summed E-state index contributed by atoms with van der Waals surface area (Å²) < 4.78 is 7.70. The van der Waals surface area contributed by atoms with Gasteiger partial charge in [-0.1, -0.05) is 47.4 Å². The van der Waals surface area contributed by atoms with Crippen LogP contribution in [0.15, 0.2) is 42.5 Å². The summed E-state index contributed by atoms with van der Waals surface area (Å²) in [6, 6.07) is 13.1. The Bertz CT molecular complexity index is 851. The van der Waals surface area contributed by atoms with E-state index < -0.39 is 0 Å². The van der Waals surface area contributed by atoms with Gasteiger partial charge >= 0.3 is 0 Å². The molecule has 0 bridgehead atoms. The standard InChI is InChI=1S/C18H19Cl2N5O/c1-2-9-25-18(22-23-24-25)21-11-14-10-16(20)7-8-17(14)26-12-13-3-5-15(19)6-4-13/h3-8,10H,2,9,11-12H2,1H3,(H,21,22,24). The first-order valence-corrected chi connectivity index (χ1v) is 9.07. The molecule has 0 aliphatic rings. The summed E-state index contributed by atoms with van der Waals surface area (Å²) >= 11 is 12.1. The van der Waals surface area contributed by atoms with Crippen LogP contribution in [-0.4, -0.2) is 20.2 Å². The van der Waals surface area contributed by atoms with Gasteiger partial charge in [0.25, 0.3) is 0 Å². The highest BCUT2D eigenvalue weighted by atomic mass is 35.5. The van der Waals surface area contributed by atoms with Crippen LogP contribution in [0.3, 0.4) is 0 Å². The van der Waals surface area contributed by atoms with Gasteiger partial charge in [0.1, 0.15) is 12.4 Å². The second-order valence-electron chi connectivity index (χ2n) is 5.75. The molecule has 136 valence electrons. The van der Waals surface area contributed by atoms with Crippen molar-refractivity contribution in [2.45, 2.75) is 33.0 Å². The van der Waals surface area contributed by atoms with E-state index in [1.807, 2.05) is 42.5 Å². The number of rotatable bonds is 8. The van der Waals surface area contributed by atoms with E-state index >= 15 is 0 Å². The highest BCUT2D eigenvalue weighted by Gasteiger charge is 2.09. The molecule has 1 heterocycles. The van der Waals surface area contributed by atoms with Crippen LogP contribution in [0.25, 0.3) is 0 Å². The van der Waals surface area contributed by atoms with Crippen molar-refractivity contribution in [2.24, 2.45) is 0 Å². The maximum atomic E-state index is 6.15. The molecule has 0 saturated carbocycles. The third-order valence-electron chi connectivity index (χ3n) is 3.73. The van der Waals surface area contributed by atoms with Crippen LogP contribution in [0, 0.1) is 0 Å². The number of hydrogen-bond acceptors (Lipinski definition) is 5. The third kappa shape index (κ3) is 4.86. The predicted molar refractivity (Wildman–Crippen MR) is 103 cm³/mol. The first-order chi connectivity index (χ1) is 12.7. The fourth-order valence-electron chi connectivity index (χ4n) is 2.44. The van der Waals surface area contributed by atoms with E-state index in [0.717, 1.165) is 29.8 Å². The Balaban J connectivity index is 1.69. The van der Waals surface area contributed by atoms with Crippen molar-refractivity contribution in [3.05, 3.63) is 63.6 Å². The molecule has 6 nitrogen and oxygen atoms in total. The molecule has 0 aliphatic carbocycles. The minimum Gasteiger partial charge on any atom is -0.489 e. The van der Waals surface area contributed by atoms with E-state index in [1.54, 1.807) is 4.68 Å². The Morgan fingerprint density at radius 3 is 2.62 bits per heavy atom. The Kier molecular flexibility index (Phi) is 6.30. The quantitative estimate of drug-likeness (QED) is 0.608. The SMILES string of the molecule is CCCn1nnnc1NCc1cc(Cl)ccc1OCc1ccc(Cl)cc1. The Morgan fingerprint density at radius 1 is 1.08 bits per heavy atom. The maximum absolute atomic E-state index is 6.15. The summed E-state index contributed by atoms with van der Waals surface area (Å²) in [4.78, 5) is 0. The van der Waals surface area contributed by atoms with Gasteiger partial charge in [-0.15, -0.1) is 0 Å². The Labute approximate surface area is 162 Å². The lowest BCUT2D eigenvalue weighted by Gasteiger charge is -2.13. The summed E-state index contributed by atoms with van der Waals surface area (Å²) in [5.74, 6) is 1.38. The van der Waals surface area contributed by atoms with Crippen LogP contribution in [0.4, 0.5) is 5.95 Å². The molecule has 3 rings (SSSR count). The number of benzene rings is 2. The first kappa shape index (κ1) is 18.5. The van der Waals surface area contributed by atoms with Crippen molar-refractivity contribution >= 4 is 29.2 Å². The lowest BCUT2D eigenvalue weighted by molar-refractivity contribution is 0.303. The molecule has 0 aliphatic heterocycles. The van der Waals surface area contributed by atoms with Crippen molar-refractivity contribution in [2.75, 3.05) is 5.32 Å². The summed E-state index contributed by atoms with van der Waals surface area (Å²) in [5, 5.41) is 16.3. The van der Waals surface area contributed by atoms with E-state index in [1.165, 1.54) is 0 Å². The molecular formula is C18H19Cl2N5O. The van der Waals surface area contributed by atoms with Crippen molar-refractivity contribution in [3.63, 3.8) is 0 Å². The Hall–Kier alpha value is -2.31.